The first-order valence-electron chi connectivity index (χ1n) is 6.32. The Kier molecular flexibility index (Phi) is 4.46. The summed E-state index contributed by atoms with van der Waals surface area (Å²) in [7, 11) is 1.58. The molecule has 2 aromatic rings. The van der Waals surface area contributed by atoms with Crippen molar-refractivity contribution in [3.05, 3.63) is 30.4 Å². The molecule has 6 nitrogen and oxygen atoms in total. The smallest absolute Gasteiger partial charge is 0.233 e. The number of hydrogen-bond acceptors (Lipinski definition) is 4. The molecule has 0 aliphatic carbocycles. The third-order valence-corrected chi connectivity index (χ3v) is 2.89. The number of hydrogen-bond donors (Lipinski definition) is 1. The van der Waals surface area contributed by atoms with Gasteiger partial charge in [0.15, 0.2) is 0 Å². The van der Waals surface area contributed by atoms with Crippen molar-refractivity contribution in [2.24, 2.45) is 0 Å². The van der Waals surface area contributed by atoms with Crippen LogP contribution in [0.1, 0.15) is 31.5 Å². The second-order valence-corrected chi connectivity index (χ2v) is 4.26. The number of imidazole rings is 1. The number of carbonyl (C=O) groups is 1. The second-order valence-electron chi connectivity index (χ2n) is 4.26. The Morgan fingerprint density at radius 3 is 3.11 bits per heavy atom. The average Bonchev–Trinajstić information content (AvgIpc) is 2.86. The fourth-order valence-corrected chi connectivity index (χ4v) is 1.86. The zero-order valence-corrected chi connectivity index (χ0v) is 11.2. The van der Waals surface area contributed by atoms with Crippen molar-refractivity contribution in [1.82, 2.24) is 19.7 Å². The highest BCUT2D eigenvalue weighted by molar-refractivity contribution is 5.76. The normalized spacial score (nSPS) is 12.5. The van der Waals surface area contributed by atoms with Crippen LogP contribution in [0.25, 0.3) is 5.78 Å². The van der Waals surface area contributed by atoms with Crippen LogP contribution in [-0.2, 0) is 9.53 Å². The molecule has 2 rings (SSSR count). The van der Waals surface area contributed by atoms with Gasteiger partial charge in [0.05, 0.1) is 18.3 Å². The van der Waals surface area contributed by atoms with Gasteiger partial charge >= 0.3 is 0 Å². The molecule has 1 amide bonds. The van der Waals surface area contributed by atoms with Gasteiger partial charge in [-0.1, -0.05) is 6.92 Å². The predicted octanol–water partition coefficient (Wildman–Crippen LogP) is 1.33. The molecule has 0 aliphatic heterocycles. The van der Waals surface area contributed by atoms with Gasteiger partial charge in [-0.05, 0) is 12.5 Å². The standard InChI is InChI=1S/C13H18N4O2/c1-3-10(15-12(18)5-8-19-2)11-9-17-7-4-6-14-13(17)16-11/h4,6-7,9-10H,3,5,8H2,1-2H3,(H,15,18). The van der Waals surface area contributed by atoms with E-state index < -0.39 is 0 Å². The molecule has 0 spiro atoms. The highest BCUT2D eigenvalue weighted by atomic mass is 16.5. The molecule has 6 heteroatoms. The van der Waals surface area contributed by atoms with Crippen molar-refractivity contribution in [2.45, 2.75) is 25.8 Å². The van der Waals surface area contributed by atoms with Crippen LogP contribution in [-0.4, -0.2) is 34.0 Å². The molecule has 19 heavy (non-hydrogen) atoms. The van der Waals surface area contributed by atoms with Crippen LogP contribution in [0.15, 0.2) is 24.7 Å². The Morgan fingerprint density at radius 1 is 1.58 bits per heavy atom. The molecule has 0 bridgehead atoms. The number of aromatic nitrogens is 3. The maximum absolute atomic E-state index is 11.7. The molecule has 2 heterocycles. The Hall–Kier alpha value is -1.95. The SMILES string of the molecule is CCC(NC(=O)CCOC)c1cn2cccnc2n1. The zero-order valence-electron chi connectivity index (χ0n) is 11.2. The van der Waals surface area contributed by atoms with E-state index in [1.165, 1.54) is 0 Å². The quantitative estimate of drug-likeness (QED) is 0.852. The summed E-state index contributed by atoms with van der Waals surface area (Å²) in [5.74, 6) is 0.612. The fraction of sp³-hybridized carbons (Fsp3) is 0.462. The Balaban J connectivity index is 2.10. The number of nitrogens with one attached hydrogen (secondary N) is 1. The highest BCUT2D eigenvalue weighted by Gasteiger charge is 2.16. The van der Waals surface area contributed by atoms with Crippen molar-refractivity contribution < 1.29 is 9.53 Å². The minimum absolute atomic E-state index is 0.0290. The molecule has 1 unspecified atom stereocenters. The van der Waals surface area contributed by atoms with E-state index in [1.54, 1.807) is 13.3 Å². The van der Waals surface area contributed by atoms with Gasteiger partial charge in [-0.3, -0.25) is 9.20 Å². The molecule has 0 aliphatic rings. The molecule has 2 aromatic heterocycles. The number of fused-ring (bicyclic) bond motifs is 1. The maximum Gasteiger partial charge on any atom is 0.233 e. The summed E-state index contributed by atoms with van der Waals surface area (Å²) in [6.07, 6.45) is 6.62. The lowest BCUT2D eigenvalue weighted by molar-refractivity contribution is -0.122. The molecular weight excluding hydrogens is 244 g/mol. The van der Waals surface area contributed by atoms with Crippen molar-refractivity contribution in [1.29, 1.82) is 0 Å². The van der Waals surface area contributed by atoms with Crippen molar-refractivity contribution in [3.8, 4) is 0 Å². The van der Waals surface area contributed by atoms with E-state index in [1.807, 2.05) is 29.8 Å². The topological polar surface area (TPSA) is 68.5 Å². The van der Waals surface area contributed by atoms with Crippen molar-refractivity contribution in [2.75, 3.05) is 13.7 Å². The zero-order chi connectivity index (χ0) is 13.7. The van der Waals surface area contributed by atoms with Crippen molar-refractivity contribution >= 4 is 11.7 Å². The van der Waals surface area contributed by atoms with Crippen LogP contribution < -0.4 is 5.32 Å². The first-order valence-corrected chi connectivity index (χ1v) is 6.32. The largest absolute Gasteiger partial charge is 0.384 e. The molecule has 0 aromatic carbocycles. The van der Waals surface area contributed by atoms with Crippen LogP contribution in [0.2, 0.25) is 0 Å². The van der Waals surface area contributed by atoms with Gasteiger partial charge in [-0.2, -0.15) is 0 Å². The van der Waals surface area contributed by atoms with E-state index in [9.17, 15) is 4.79 Å². The maximum atomic E-state index is 11.7. The number of amides is 1. The molecule has 0 fully saturated rings. The van der Waals surface area contributed by atoms with Gasteiger partial charge in [0.1, 0.15) is 0 Å². The molecule has 0 radical (unpaired) electrons. The lowest BCUT2D eigenvalue weighted by atomic mass is 10.1. The number of ether oxygens (including phenoxy) is 1. The molecule has 0 saturated heterocycles. The van der Waals surface area contributed by atoms with Crippen molar-refractivity contribution in [3.63, 3.8) is 0 Å². The van der Waals surface area contributed by atoms with Crippen LogP contribution >= 0.6 is 0 Å². The Labute approximate surface area is 111 Å². The second kappa shape index (κ2) is 6.29. The molecule has 1 N–H and O–H groups in total. The monoisotopic (exact) mass is 262 g/mol. The number of methoxy groups -OCH3 is 1. The van der Waals surface area contributed by atoms with Gasteiger partial charge in [-0.15, -0.1) is 0 Å². The van der Waals surface area contributed by atoms with E-state index in [2.05, 4.69) is 15.3 Å². The molecule has 1 atom stereocenters. The Morgan fingerprint density at radius 2 is 2.42 bits per heavy atom. The summed E-state index contributed by atoms with van der Waals surface area (Å²) in [6, 6.07) is 1.75. The predicted molar refractivity (Wildman–Crippen MR) is 70.7 cm³/mol. The summed E-state index contributed by atoms with van der Waals surface area (Å²) < 4.78 is 6.74. The number of nitrogens with zero attached hydrogens (tertiary/aromatic N) is 3. The third kappa shape index (κ3) is 3.29. The number of carbonyl (C=O) groups excluding carboxylic acids is 1. The number of rotatable bonds is 6. The average molecular weight is 262 g/mol. The van der Waals surface area contributed by atoms with Crippen LogP contribution in [0.5, 0.6) is 0 Å². The van der Waals surface area contributed by atoms with E-state index in [0.717, 1.165) is 12.1 Å². The van der Waals surface area contributed by atoms with Gasteiger partial charge in [0.2, 0.25) is 11.7 Å². The third-order valence-electron chi connectivity index (χ3n) is 2.89. The lowest BCUT2D eigenvalue weighted by Gasteiger charge is -2.14. The first kappa shape index (κ1) is 13.5. The van der Waals surface area contributed by atoms with Crippen LogP contribution in [0.3, 0.4) is 0 Å². The first-order chi connectivity index (χ1) is 9.24. The van der Waals surface area contributed by atoms with E-state index in [0.29, 0.717) is 18.8 Å². The summed E-state index contributed by atoms with van der Waals surface area (Å²) in [5, 5.41) is 2.96. The van der Waals surface area contributed by atoms with Gasteiger partial charge < -0.3 is 10.1 Å². The van der Waals surface area contributed by atoms with Crippen LogP contribution in [0, 0.1) is 0 Å². The molecule has 102 valence electrons. The van der Waals surface area contributed by atoms with E-state index >= 15 is 0 Å². The van der Waals surface area contributed by atoms with E-state index in [-0.39, 0.29) is 11.9 Å². The summed E-state index contributed by atoms with van der Waals surface area (Å²) >= 11 is 0. The summed E-state index contributed by atoms with van der Waals surface area (Å²) in [4.78, 5) is 20.3. The molecular formula is C13H18N4O2. The molecule has 0 saturated carbocycles. The lowest BCUT2D eigenvalue weighted by Crippen LogP contribution is -2.29. The summed E-state index contributed by atoms with van der Waals surface area (Å²) in [5.41, 5.74) is 0.826. The minimum Gasteiger partial charge on any atom is -0.384 e. The van der Waals surface area contributed by atoms with Crippen LogP contribution in [0.4, 0.5) is 0 Å². The van der Waals surface area contributed by atoms with Gasteiger partial charge in [-0.25, -0.2) is 9.97 Å². The highest BCUT2D eigenvalue weighted by Crippen LogP contribution is 2.15. The summed E-state index contributed by atoms with van der Waals surface area (Å²) in [6.45, 7) is 2.44. The van der Waals surface area contributed by atoms with Gasteiger partial charge in [0.25, 0.3) is 0 Å². The Bertz CT molecular complexity index is 519. The van der Waals surface area contributed by atoms with E-state index in [4.69, 9.17) is 4.74 Å². The fourth-order valence-electron chi connectivity index (χ4n) is 1.86. The van der Waals surface area contributed by atoms with Gasteiger partial charge in [0, 0.05) is 32.1 Å². The minimum atomic E-state index is -0.0916.